The summed E-state index contributed by atoms with van der Waals surface area (Å²) >= 11 is 0. The topological polar surface area (TPSA) is 103 Å². The summed E-state index contributed by atoms with van der Waals surface area (Å²) in [5, 5.41) is 6.28. The molecule has 2 aromatic heterocycles. The van der Waals surface area contributed by atoms with Gasteiger partial charge < -0.3 is 25.3 Å². The van der Waals surface area contributed by atoms with E-state index in [-0.39, 0.29) is 17.5 Å². The Bertz CT molecular complexity index is 993. The van der Waals surface area contributed by atoms with Crippen LogP contribution in [0.25, 0.3) is 11.1 Å². The van der Waals surface area contributed by atoms with Crippen molar-refractivity contribution in [1.82, 2.24) is 19.8 Å². The third-order valence-electron chi connectivity index (χ3n) is 5.53. The highest BCUT2D eigenvalue weighted by molar-refractivity contribution is 5.88. The van der Waals surface area contributed by atoms with Gasteiger partial charge in [-0.3, -0.25) is 14.5 Å². The van der Waals surface area contributed by atoms with E-state index >= 15 is 0 Å². The number of pyridine rings is 2. The van der Waals surface area contributed by atoms with Crippen LogP contribution in [-0.2, 0) is 9.53 Å². The molecule has 0 saturated carbocycles. The number of nitrogens with one attached hydrogen (secondary N) is 3. The highest BCUT2D eigenvalue weighted by Gasteiger charge is 2.29. The Balaban J connectivity index is 1.30. The van der Waals surface area contributed by atoms with Crippen molar-refractivity contribution in [1.29, 1.82) is 0 Å². The zero-order chi connectivity index (χ0) is 21.6. The Labute approximate surface area is 181 Å². The van der Waals surface area contributed by atoms with Crippen molar-refractivity contribution in [2.24, 2.45) is 0 Å². The second-order valence-corrected chi connectivity index (χ2v) is 7.71. The van der Waals surface area contributed by atoms with Crippen LogP contribution in [-0.4, -0.2) is 84.7 Å². The van der Waals surface area contributed by atoms with Gasteiger partial charge in [-0.25, -0.2) is 4.98 Å². The van der Waals surface area contributed by atoms with Crippen LogP contribution in [0.1, 0.15) is 0 Å². The Hall–Kier alpha value is -3.17. The second-order valence-electron chi connectivity index (χ2n) is 7.71. The first-order valence-corrected chi connectivity index (χ1v) is 10.5. The van der Waals surface area contributed by atoms with Crippen molar-refractivity contribution in [3.63, 3.8) is 0 Å². The monoisotopic (exact) mass is 424 g/mol. The third kappa shape index (κ3) is 5.31. The molecule has 9 heteroatoms. The number of aromatic amines is 1. The Kier molecular flexibility index (Phi) is 6.63. The molecule has 164 valence electrons. The maximum absolute atomic E-state index is 12.3. The van der Waals surface area contributed by atoms with Crippen molar-refractivity contribution in [3.8, 4) is 11.1 Å². The number of carbonyl (C=O) groups excluding carboxylic acids is 1. The normalized spacial score (nSPS) is 17.5. The van der Waals surface area contributed by atoms with Gasteiger partial charge >= 0.3 is 0 Å². The summed E-state index contributed by atoms with van der Waals surface area (Å²) in [5.41, 5.74) is 2.16. The molecule has 0 atom stereocenters. The molecule has 0 aromatic carbocycles. The van der Waals surface area contributed by atoms with Gasteiger partial charge in [-0.2, -0.15) is 0 Å². The van der Waals surface area contributed by atoms with Crippen LogP contribution in [0, 0.1) is 0 Å². The van der Waals surface area contributed by atoms with Gasteiger partial charge in [0.25, 0.3) is 5.56 Å². The molecule has 2 saturated heterocycles. The second kappa shape index (κ2) is 9.76. The largest absolute Gasteiger partial charge is 0.379 e. The summed E-state index contributed by atoms with van der Waals surface area (Å²) in [6.45, 7) is 5.21. The molecule has 1 amide bonds. The number of hydrogen-bond acceptors (Lipinski definition) is 7. The van der Waals surface area contributed by atoms with Crippen LogP contribution >= 0.6 is 0 Å². The average Bonchev–Trinajstić information content (AvgIpc) is 2.77. The lowest BCUT2D eigenvalue weighted by molar-refractivity contribution is -0.129. The fourth-order valence-electron chi connectivity index (χ4n) is 3.67. The molecular weight excluding hydrogens is 396 g/mol. The molecule has 0 radical (unpaired) electrons. The molecule has 3 N–H and O–H groups in total. The van der Waals surface area contributed by atoms with Crippen molar-refractivity contribution < 1.29 is 9.53 Å². The lowest BCUT2D eigenvalue weighted by Gasteiger charge is -2.39. The molecule has 2 aliphatic rings. The predicted molar refractivity (Wildman–Crippen MR) is 120 cm³/mol. The predicted octanol–water partition coefficient (Wildman–Crippen LogP) is 0.990. The summed E-state index contributed by atoms with van der Waals surface area (Å²) in [6.07, 6.45) is 6.97. The first-order valence-electron chi connectivity index (χ1n) is 10.5. The zero-order valence-electron chi connectivity index (χ0n) is 17.6. The van der Waals surface area contributed by atoms with E-state index in [9.17, 15) is 9.59 Å². The van der Waals surface area contributed by atoms with E-state index < -0.39 is 0 Å². The van der Waals surface area contributed by atoms with Crippen LogP contribution in [0.4, 0.5) is 11.5 Å². The van der Waals surface area contributed by atoms with Crippen LogP contribution in [0.2, 0.25) is 0 Å². The van der Waals surface area contributed by atoms with E-state index in [1.54, 1.807) is 23.4 Å². The van der Waals surface area contributed by atoms with Crippen LogP contribution in [0.5, 0.6) is 0 Å². The number of rotatable bonds is 7. The molecule has 2 aromatic rings. The van der Waals surface area contributed by atoms with Crippen molar-refractivity contribution >= 4 is 17.4 Å². The van der Waals surface area contributed by atoms with E-state index in [4.69, 9.17) is 4.74 Å². The first kappa shape index (κ1) is 21.1. The quantitative estimate of drug-likeness (QED) is 0.570. The number of ether oxygens (including phenoxy) is 1. The maximum Gasteiger partial charge on any atom is 0.271 e. The van der Waals surface area contributed by atoms with Gasteiger partial charge in [-0.05, 0) is 23.8 Å². The molecular formula is C22H28N6O3. The van der Waals surface area contributed by atoms with Crippen molar-refractivity contribution in [3.05, 3.63) is 53.1 Å². The van der Waals surface area contributed by atoms with Gasteiger partial charge in [-0.15, -0.1) is 0 Å². The fourth-order valence-corrected chi connectivity index (χ4v) is 3.67. The number of hydrogen-bond donors (Lipinski definition) is 3. The number of aromatic nitrogens is 2. The van der Waals surface area contributed by atoms with Crippen molar-refractivity contribution in [2.45, 2.75) is 6.04 Å². The summed E-state index contributed by atoms with van der Waals surface area (Å²) in [6, 6.07) is 5.70. The molecule has 9 nitrogen and oxygen atoms in total. The van der Waals surface area contributed by atoms with Gasteiger partial charge in [0.15, 0.2) is 0 Å². The summed E-state index contributed by atoms with van der Waals surface area (Å²) < 4.78 is 5.33. The molecule has 0 aliphatic carbocycles. The number of morpholine rings is 1. The van der Waals surface area contributed by atoms with E-state index in [0.717, 1.165) is 49.8 Å². The molecule has 0 bridgehead atoms. The van der Waals surface area contributed by atoms with E-state index in [1.165, 1.54) is 0 Å². The summed E-state index contributed by atoms with van der Waals surface area (Å²) in [5.74, 6) is 0.762. The number of H-pyrrole nitrogens is 1. The van der Waals surface area contributed by atoms with Crippen molar-refractivity contribution in [2.75, 3.05) is 63.6 Å². The number of carbonyl (C=O) groups is 1. The average molecular weight is 425 g/mol. The lowest BCUT2D eigenvalue weighted by Crippen LogP contribution is -2.57. The van der Waals surface area contributed by atoms with Gasteiger partial charge in [-0.1, -0.05) is 6.08 Å². The number of amides is 1. The Morgan fingerprint density at radius 2 is 2.10 bits per heavy atom. The standard InChI is InChI=1S/C22H28N6O3/c1-23-20-12-16(4-5-24-20)17-11-19(22(30)25-13-17)26-18-14-28(15-18)21(29)3-2-6-27-7-9-31-10-8-27/h2-5,11-13,18,26H,6-10,14-15H2,1H3,(H,23,24)(H,25,30). The molecule has 2 aliphatic heterocycles. The minimum Gasteiger partial charge on any atom is -0.379 e. The van der Waals surface area contributed by atoms with E-state index in [1.807, 2.05) is 31.3 Å². The van der Waals surface area contributed by atoms with Crippen LogP contribution < -0.4 is 16.2 Å². The number of anilines is 2. The van der Waals surface area contributed by atoms with E-state index in [2.05, 4.69) is 25.5 Å². The van der Waals surface area contributed by atoms with Gasteiger partial charge in [0.05, 0.1) is 19.3 Å². The van der Waals surface area contributed by atoms with Gasteiger partial charge in [0, 0.05) is 63.8 Å². The molecule has 31 heavy (non-hydrogen) atoms. The molecule has 4 rings (SSSR count). The van der Waals surface area contributed by atoms with E-state index in [0.29, 0.717) is 18.8 Å². The summed E-state index contributed by atoms with van der Waals surface area (Å²) in [4.78, 5) is 35.6. The molecule has 2 fully saturated rings. The molecule has 0 spiro atoms. The molecule has 0 unspecified atom stereocenters. The minimum absolute atomic E-state index is 0.00495. The van der Waals surface area contributed by atoms with Crippen LogP contribution in [0.15, 0.2) is 47.5 Å². The Morgan fingerprint density at radius 1 is 1.29 bits per heavy atom. The van der Waals surface area contributed by atoms with Gasteiger partial charge in [0.2, 0.25) is 5.91 Å². The minimum atomic E-state index is -0.179. The summed E-state index contributed by atoms with van der Waals surface area (Å²) in [7, 11) is 1.81. The highest BCUT2D eigenvalue weighted by Crippen LogP contribution is 2.22. The maximum atomic E-state index is 12.3. The highest BCUT2D eigenvalue weighted by atomic mass is 16.5. The number of likely N-dealkylation sites (tertiary alicyclic amines) is 1. The first-order chi connectivity index (χ1) is 15.1. The third-order valence-corrected chi connectivity index (χ3v) is 5.53. The SMILES string of the molecule is CNc1cc(-c2c[nH]c(=O)c(NC3CN(C(=O)C=CCN4CCOCC4)C3)c2)ccn1. The van der Waals surface area contributed by atoms with Gasteiger partial charge in [0.1, 0.15) is 11.5 Å². The number of nitrogens with zero attached hydrogens (tertiary/aromatic N) is 3. The Morgan fingerprint density at radius 3 is 2.87 bits per heavy atom. The zero-order valence-corrected chi connectivity index (χ0v) is 17.6. The van der Waals surface area contributed by atoms with Crippen LogP contribution in [0.3, 0.4) is 0 Å². The smallest absolute Gasteiger partial charge is 0.271 e. The molecule has 4 heterocycles. The fraction of sp³-hybridized carbons (Fsp3) is 0.409. The lowest BCUT2D eigenvalue weighted by atomic mass is 10.1.